The van der Waals surface area contributed by atoms with Gasteiger partial charge in [-0.15, -0.1) is 0 Å². The molecule has 1 heterocycles. The highest BCUT2D eigenvalue weighted by atomic mass is 32.2. The minimum atomic E-state index is -3.24. The van der Waals surface area contributed by atoms with Crippen LogP contribution >= 0.6 is 0 Å². The maximum absolute atomic E-state index is 12.4. The Hall–Kier alpha value is -2.37. The van der Waals surface area contributed by atoms with E-state index in [0.717, 1.165) is 24.4 Å². The topological polar surface area (TPSA) is 94.1 Å². The molecule has 0 radical (unpaired) electrons. The van der Waals surface area contributed by atoms with Gasteiger partial charge in [-0.1, -0.05) is 0 Å². The van der Waals surface area contributed by atoms with Crippen molar-refractivity contribution in [2.24, 2.45) is 11.0 Å². The van der Waals surface area contributed by atoms with Crippen LogP contribution in [0.3, 0.4) is 0 Å². The van der Waals surface area contributed by atoms with Crippen LogP contribution in [0.25, 0.3) is 0 Å². The minimum absolute atomic E-state index is 0.0359. The first kappa shape index (κ1) is 19.9. The summed E-state index contributed by atoms with van der Waals surface area (Å²) in [6, 6.07) is 3.04. The van der Waals surface area contributed by atoms with Crippen molar-refractivity contribution in [3.05, 3.63) is 23.8 Å². The smallest absolute Gasteiger partial charge is 0.387 e. The number of halogens is 4. The van der Waals surface area contributed by atoms with Gasteiger partial charge in [0.25, 0.3) is 0 Å². The van der Waals surface area contributed by atoms with E-state index < -0.39 is 46.4 Å². The Morgan fingerprint density at radius 2 is 1.92 bits per heavy atom. The molecule has 1 aromatic carbocycles. The van der Waals surface area contributed by atoms with Crippen LogP contribution < -0.4 is 14.9 Å². The van der Waals surface area contributed by atoms with Crippen molar-refractivity contribution in [3.8, 4) is 11.5 Å². The second kappa shape index (κ2) is 8.34. The SMILES string of the molecule is O=C(N/N=C\c1ccc(OC(F)F)cc1OC(F)F)[C@@H]1CCS(=O)(=O)C1. The molecule has 0 unspecified atom stereocenters. The molecule has 7 nitrogen and oxygen atoms in total. The highest BCUT2D eigenvalue weighted by Crippen LogP contribution is 2.26. The second-order valence-electron chi connectivity index (χ2n) is 5.29. The minimum Gasteiger partial charge on any atom is -0.435 e. The third kappa shape index (κ3) is 5.86. The van der Waals surface area contributed by atoms with Crippen molar-refractivity contribution in [2.75, 3.05) is 11.5 Å². The lowest BCUT2D eigenvalue weighted by Crippen LogP contribution is -2.27. The van der Waals surface area contributed by atoms with E-state index in [4.69, 9.17) is 0 Å². The van der Waals surface area contributed by atoms with Gasteiger partial charge in [-0.2, -0.15) is 22.7 Å². The number of sulfone groups is 1. The van der Waals surface area contributed by atoms with Crippen LogP contribution in [0.2, 0.25) is 0 Å². The van der Waals surface area contributed by atoms with E-state index in [-0.39, 0.29) is 23.5 Å². The molecule has 1 fully saturated rings. The summed E-state index contributed by atoms with van der Waals surface area (Å²) in [5, 5.41) is 3.56. The number of benzene rings is 1. The Labute approximate surface area is 145 Å². The number of nitrogens with one attached hydrogen (secondary N) is 1. The quantitative estimate of drug-likeness (QED) is 0.429. The van der Waals surface area contributed by atoms with Crippen molar-refractivity contribution < 1.29 is 40.2 Å². The van der Waals surface area contributed by atoms with Crippen molar-refractivity contribution in [3.63, 3.8) is 0 Å². The standard InChI is InChI=1S/C14H14F4N2O5S/c15-13(16)24-10-2-1-8(11(5-10)25-14(17)18)6-19-20-12(21)9-3-4-26(22,23)7-9/h1-2,5-6,9,13-14H,3-4,7H2,(H,20,21)/b19-6-/t9-/m1/s1. The van der Waals surface area contributed by atoms with Crippen LogP contribution in [0.15, 0.2) is 23.3 Å². The monoisotopic (exact) mass is 398 g/mol. The molecule has 1 N–H and O–H groups in total. The lowest BCUT2D eigenvalue weighted by Gasteiger charge is -2.11. The van der Waals surface area contributed by atoms with Gasteiger partial charge in [0.1, 0.15) is 11.5 Å². The molecule has 0 aliphatic carbocycles. The Bertz CT molecular complexity index is 786. The fraction of sp³-hybridized carbons (Fsp3) is 0.429. The van der Waals surface area contributed by atoms with Crippen LogP contribution in [0, 0.1) is 5.92 Å². The number of hydrazone groups is 1. The number of alkyl halides is 4. The predicted molar refractivity (Wildman–Crippen MR) is 82.2 cm³/mol. The number of amides is 1. The van der Waals surface area contributed by atoms with Crippen LogP contribution in [0.1, 0.15) is 12.0 Å². The number of nitrogens with zero attached hydrogens (tertiary/aromatic N) is 1. The van der Waals surface area contributed by atoms with E-state index in [1.54, 1.807) is 0 Å². The van der Waals surface area contributed by atoms with E-state index in [1.807, 2.05) is 0 Å². The number of rotatable bonds is 7. The van der Waals surface area contributed by atoms with E-state index in [2.05, 4.69) is 20.0 Å². The van der Waals surface area contributed by atoms with Gasteiger partial charge in [0, 0.05) is 11.6 Å². The van der Waals surface area contributed by atoms with Gasteiger partial charge in [0.15, 0.2) is 9.84 Å². The molecule has 144 valence electrons. The summed E-state index contributed by atoms with van der Waals surface area (Å²) in [5.74, 6) is -2.62. The molecule has 0 aromatic heterocycles. The number of carbonyl (C=O) groups is 1. The Morgan fingerprint density at radius 3 is 2.50 bits per heavy atom. The second-order valence-corrected chi connectivity index (χ2v) is 7.52. The molecule has 1 aromatic rings. The van der Waals surface area contributed by atoms with Gasteiger partial charge >= 0.3 is 13.2 Å². The molecule has 1 aliphatic heterocycles. The van der Waals surface area contributed by atoms with Crippen molar-refractivity contribution in [1.82, 2.24) is 5.43 Å². The van der Waals surface area contributed by atoms with Gasteiger partial charge in [0.05, 0.1) is 23.6 Å². The van der Waals surface area contributed by atoms with Crippen LogP contribution in [-0.4, -0.2) is 45.3 Å². The van der Waals surface area contributed by atoms with Crippen molar-refractivity contribution in [1.29, 1.82) is 0 Å². The summed E-state index contributed by atoms with van der Waals surface area (Å²) in [4.78, 5) is 11.8. The zero-order valence-electron chi connectivity index (χ0n) is 13.1. The number of hydrogen-bond donors (Lipinski definition) is 1. The molecule has 12 heteroatoms. The maximum atomic E-state index is 12.4. The molecule has 1 aliphatic rings. The molecule has 0 bridgehead atoms. The third-order valence-electron chi connectivity index (χ3n) is 3.41. The number of ether oxygens (including phenoxy) is 2. The summed E-state index contributed by atoms with van der Waals surface area (Å²) in [7, 11) is -3.24. The van der Waals surface area contributed by atoms with Crippen LogP contribution in [-0.2, 0) is 14.6 Å². The summed E-state index contributed by atoms with van der Waals surface area (Å²) in [6.45, 7) is -6.36. The first-order valence-electron chi connectivity index (χ1n) is 7.23. The summed E-state index contributed by atoms with van der Waals surface area (Å²) in [5.41, 5.74) is 2.07. The fourth-order valence-corrected chi connectivity index (χ4v) is 4.00. The van der Waals surface area contributed by atoms with E-state index >= 15 is 0 Å². The van der Waals surface area contributed by atoms with Crippen LogP contribution in [0.5, 0.6) is 11.5 Å². The Balaban J connectivity index is 2.07. The molecule has 0 saturated carbocycles. The molecule has 1 atom stereocenters. The zero-order chi connectivity index (χ0) is 19.3. The van der Waals surface area contributed by atoms with Gasteiger partial charge in [-0.25, -0.2) is 13.8 Å². The first-order valence-corrected chi connectivity index (χ1v) is 9.05. The lowest BCUT2D eigenvalue weighted by atomic mass is 10.1. The normalized spacial score (nSPS) is 19.2. The average Bonchev–Trinajstić information content (AvgIpc) is 2.88. The predicted octanol–water partition coefficient (Wildman–Crippen LogP) is 1.77. The van der Waals surface area contributed by atoms with Crippen molar-refractivity contribution in [2.45, 2.75) is 19.6 Å². The molecule has 2 rings (SSSR count). The van der Waals surface area contributed by atoms with E-state index in [1.165, 1.54) is 0 Å². The first-order chi connectivity index (χ1) is 12.2. The lowest BCUT2D eigenvalue weighted by molar-refractivity contribution is -0.124. The third-order valence-corrected chi connectivity index (χ3v) is 5.18. The molecular weight excluding hydrogens is 384 g/mol. The molecular formula is C14H14F4N2O5S. The zero-order valence-corrected chi connectivity index (χ0v) is 13.9. The maximum Gasteiger partial charge on any atom is 0.387 e. The van der Waals surface area contributed by atoms with E-state index in [0.29, 0.717) is 0 Å². The fourth-order valence-electron chi connectivity index (χ4n) is 2.25. The molecule has 1 amide bonds. The average molecular weight is 398 g/mol. The highest BCUT2D eigenvalue weighted by Gasteiger charge is 2.32. The van der Waals surface area contributed by atoms with Crippen molar-refractivity contribution >= 4 is 22.0 Å². The Morgan fingerprint density at radius 1 is 1.23 bits per heavy atom. The molecule has 26 heavy (non-hydrogen) atoms. The summed E-state index contributed by atoms with van der Waals surface area (Å²) >= 11 is 0. The highest BCUT2D eigenvalue weighted by molar-refractivity contribution is 7.91. The van der Waals surface area contributed by atoms with Gasteiger partial charge in [0.2, 0.25) is 5.91 Å². The largest absolute Gasteiger partial charge is 0.435 e. The van der Waals surface area contributed by atoms with Crippen LogP contribution in [0.4, 0.5) is 17.6 Å². The van der Waals surface area contributed by atoms with Gasteiger partial charge < -0.3 is 9.47 Å². The summed E-state index contributed by atoms with van der Waals surface area (Å²) < 4.78 is 80.2. The Kier molecular flexibility index (Phi) is 6.40. The number of hydrogen-bond acceptors (Lipinski definition) is 6. The summed E-state index contributed by atoms with van der Waals surface area (Å²) in [6.07, 6.45) is 1.13. The van der Waals surface area contributed by atoms with E-state index in [9.17, 15) is 30.8 Å². The van der Waals surface area contributed by atoms with Gasteiger partial charge in [-0.3, -0.25) is 4.79 Å². The molecule has 1 saturated heterocycles. The molecule has 0 spiro atoms. The van der Waals surface area contributed by atoms with Gasteiger partial charge in [-0.05, 0) is 18.6 Å². The number of carbonyl (C=O) groups excluding carboxylic acids is 1.